The molecule has 70 valence electrons. The first kappa shape index (κ1) is 9.83. The van der Waals surface area contributed by atoms with Crippen LogP contribution in [0.3, 0.4) is 0 Å². The molecule has 0 aromatic carbocycles. The molecule has 1 rings (SSSR count). The number of cyclic esters (lactones) is 1. The van der Waals surface area contributed by atoms with Crippen LogP contribution in [0.1, 0.15) is 6.42 Å². The van der Waals surface area contributed by atoms with Crippen molar-refractivity contribution in [1.82, 2.24) is 0 Å². The molecule has 4 nitrogen and oxygen atoms in total. The zero-order chi connectivity index (χ0) is 9.19. The minimum atomic E-state index is -1.03. The summed E-state index contributed by atoms with van der Waals surface area (Å²) in [6.45, 7) is -0.0767. The third-order valence-corrected chi connectivity index (χ3v) is 3.50. The maximum Gasteiger partial charge on any atom is 0.325 e. The van der Waals surface area contributed by atoms with Crippen molar-refractivity contribution in [2.24, 2.45) is 0 Å². The number of rotatable bonds is 3. The summed E-state index contributed by atoms with van der Waals surface area (Å²) in [5, 5.41) is 18.1. The number of thioether (sulfide) groups is 1. The average Bonchev–Trinajstić information content (AvgIpc) is 2.46. The standard InChI is InChI=1S/C7H12O4S/c1-12-7(5(9)4-8)2-3-11-6(7)10/h5,8-9H,2-4H2,1H3/t5-,7+/m0/s1. The van der Waals surface area contributed by atoms with E-state index in [-0.39, 0.29) is 0 Å². The van der Waals surface area contributed by atoms with Gasteiger partial charge in [0.05, 0.1) is 13.2 Å². The Bertz CT molecular complexity index is 184. The van der Waals surface area contributed by atoms with E-state index in [1.165, 1.54) is 11.8 Å². The van der Waals surface area contributed by atoms with E-state index in [9.17, 15) is 9.90 Å². The Morgan fingerprint density at radius 1 is 1.83 bits per heavy atom. The molecule has 0 unspecified atom stereocenters. The van der Waals surface area contributed by atoms with Crippen LogP contribution in [0.2, 0.25) is 0 Å². The molecule has 5 heteroatoms. The molecule has 2 atom stereocenters. The van der Waals surface area contributed by atoms with Crippen molar-refractivity contribution in [3.63, 3.8) is 0 Å². The number of aliphatic hydroxyl groups excluding tert-OH is 2. The Morgan fingerprint density at radius 3 is 2.83 bits per heavy atom. The first-order valence-corrected chi connectivity index (χ1v) is 4.91. The van der Waals surface area contributed by atoms with Gasteiger partial charge in [0.1, 0.15) is 10.9 Å². The van der Waals surface area contributed by atoms with Gasteiger partial charge in [0, 0.05) is 6.42 Å². The minimum Gasteiger partial charge on any atom is -0.465 e. The molecule has 12 heavy (non-hydrogen) atoms. The first-order chi connectivity index (χ1) is 5.67. The highest BCUT2D eigenvalue weighted by molar-refractivity contribution is 8.00. The highest BCUT2D eigenvalue weighted by Crippen LogP contribution is 2.36. The summed E-state index contributed by atoms with van der Waals surface area (Å²) >= 11 is 1.24. The van der Waals surface area contributed by atoms with Crippen LogP contribution < -0.4 is 0 Å². The topological polar surface area (TPSA) is 66.8 Å². The summed E-state index contributed by atoms with van der Waals surface area (Å²) in [5.74, 6) is -0.420. The molecule has 1 fully saturated rings. The largest absolute Gasteiger partial charge is 0.465 e. The normalized spacial score (nSPS) is 31.8. The maximum atomic E-state index is 11.2. The van der Waals surface area contributed by atoms with E-state index in [0.29, 0.717) is 13.0 Å². The van der Waals surface area contributed by atoms with Gasteiger partial charge in [-0.15, -0.1) is 11.8 Å². The summed E-state index contributed by atoms with van der Waals surface area (Å²) in [6, 6.07) is 0. The van der Waals surface area contributed by atoms with Gasteiger partial charge in [-0.05, 0) is 6.26 Å². The van der Waals surface area contributed by atoms with Gasteiger partial charge >= 0.3 is 5.97 Å². The second-order valence-corrected chi connectivity index (χ2v) is 3.81. The summed E-state index contributed by atoms with van der Waals surface area (Å²) in [6.07, 6.45) is 1.17. The molecule has 1 aliphatic rings. The molecule has 0 aromatic rings. The molecule has 2 N–H and O–H groups in total. The van der Waals surface area contributed by atoms with Crippen molar-refractivity contribution in [2.45, 2.75) is 17.3 Å². The second kappa shape index (κ2) is 3.64. The van der Waals surface area contributed by atoms with Gasteiger partial charge in [-0.2, -0.15) is 0 Å². The predicted octanol–water partition coefficient (Wildman–Crippen LogP) is -0.612. The number of esters is 1. The van der Waals surface area contributed by atoms with Crippen LogP contribution in [-0.2, 0) is 9.53 Å². The van der Waals surface area contributed by atoms with Gasteiger partial charge < -0.3 is 14.9 Å². The van der Waals surface area contributed by atoms with Gasteiger partial charge in [0.15, 0.2) is 0 Å². The first-order valence-electron chi connectivity index (χ1n) is 3.68. The molecule has 0 radical (unpaired) electrons. The van der Waals surface area contributed by atoms with Gasteiger partial charge in [-0.1, -0.05) is 0 Å². The second-order valence-electron chi connectivity index (χ2n) is 2.68. The Hall–Kier alpha value is -0.260. The fraction of sp³-hybridized carbons (Fsp3) is 0.857. The van der Waals surface area contributed by atoms with Crippen molar-refractivity contribution in [3.05, 3.63) is 0 Å². The Kier molecular flexibility index (Phi) is 2.98. The van der Waals surface area contributed by atoms with Crippen LogP contribution in [0.25, 0.3) is 0 Å². The number of hydrogen-bond acceptors (Lipinski definition) is 5. The van der Waals surface area contributed by atoms with Gasteiger partial charge in [-0.3, -0.25) is 4.79 Å². The van der Waals surface area contributed by atoms with E-state index in [4.69, 9.17) is 9.84 Å². The SMILES string of the molecule is CS[C@@]1([C@@H](O)CO)CCOC1=O. The lowest BCUT2D eigenvalue weighted by atomic mass is 10.0. The van der Waals surface area contributed by atoms with Gasteiger partial charge in [0.25, 0.3) is 0 Å². The summed E-state index contributed by atoms with van der Waals surface area (Å²) in [5.41, 5.74) is 0. The van der Waals surface area contributed by atoms with E-state index in [1.54, 1.807) is 6.26 Å². The van der Waals surface area contributed by atoms with Crippen LogP contribution in [0.5, 0.6) is 0 Å². The van der Waals surface area contributed by atoms with Crippen LogP contribution in [0.15, 0.2) is 0 Å². The molecule has 1 heterocycles. The molecule has 0 amide bonds. The number of aliphatic hydroxyl groups is 2. The van der Waals surface area contributed by atoms with E-state index in [0.717, 1.165) is 0 Å². The van der Waals surface area contributed by atoms with Crippen molar-refractivity contribution < 1.29 is 19.7 Å². The van der Waals surface area contributed by atoms with Crippen molar-refractivity contribution in [3.8, 4) is 0 Å². The summed E-state index contributed by atoms with van der Waals surface area (Å²) in [4.78, 5) is 11.2. The van der Waals surface area contributed by atoms with E-state index < -0.39 is 23.4 Å². The van der Waals surface area contributed by atoms with Gasteiger partial charge in [-0.25, -0.2) is 0 Å². The Labute approximate surface area is 74.9 Å². The molecule has 1 saturated heterocycles. The molecular weight excluding hydrogens is 180 g/mol. The fourth-order valence-corrected chi connectivity index (χ4v) is 2.15. The average molecular weight is 192 g/mol. The van der Waals surface area contributed by atoms with E-state index in [2.05, 4.69) is 0 Å². The zero-order valence-corrected chi connectivity index (χ0v) is 7.63. The Balaban J connectivity index is 2.80. The lowest BCUT2D eigenvalue weighted by molar-refractivity contribution is -0.142. The molecule has 0 spiro atoms. The lowest BCUT2D eigenvalue weighted by Crippen LogP contribution is -2.45. The minimum absolute atomic E-state index is 0.330. The van der Waals surface area contributed by atoms with Crippen molar-refractivity contribution in [2.75, 3.05) is 19.5 Å². The maximum absolute atomic E-state index is 11.2. The van der Waals surface area contributed by atoms with Crippen molar-refractivity contribution in [1.29, 1.82) is 0 Å². The molecule has 0 aliphatic carbocycles. The number of hydrogen-bond donors (Lipinski definition) is 2. The molecule has 0 aromatic heterocycles. The van der Waals surface area contributed by atoms with Gasteiger partial charge in [0.2, 0.25) is 0 Å². The lowest BCUT2D eigenvalue weighted by Gasteiger charge is -2.26. The van der Waals surface area contributed by atoms with E-state index in [1.807, 2.05) is 0 Å². The molecule has 0 saturated carbocycles. The van der Waals surface area contributed by atoms with Crippen LogP contribution in [0, 0.1) is 0 Å². The van der Waals surface area contributed by atoms with Crippen molar-refractivity contribution >= 4 is 17.7 Å². The molecule has 1 aliphatic heterocycles. The Morgan fingerprint density at radius 2 is 2.50 bits per heavy atom. The quantitative estimate of drug-likeness (QED) is 0.584. The highest BCUT2D eigenvalue weighted by atomic mass is 32.2. The number of ether oxygens (including phenoxy) is 1. The number of carbonyl (C=O) groups is 1. The van der Waals surface area contributed by atoms with E-state index >= 15 is 0 Å². The fourth-order valence-electron chi connectivity index (χ4n) is 1.29. The summed E-state index contributed by atoms with van der Waals surface area (Å²) in [7, 11) is 0. The van der Waals surface area contributed by atoms with Crippen LogP contribution in [-0.4, -0.2) is 46.5 Å². The third kappa shape index (κ3) is 1.32. The predicted molar refractivity (Wildman–Crippen MR) is 44.9 cm³/mol. The molecule has 0 bridgehead atoms. The zero-order valence-electron chi connectivity index (χ0n) is 6.82. The smallest absolute Gasteiger partial charge is 0.325 e. The molecular formula is C7H12O4S. The third-order valence-electron chi connectivity index (χ3n) is 2.13. The van der Waals surface area contributed by atoms with Crippen LogP contribution >= 0.6 is 11.8 Å². The summed E-state index contributed by atoms with van der Waals surface area (Å²) < 4.78 is 3.82. The van der Waals surface area contributed by atoms with Crippen LogP contribution in [0.4, 0.5) is 0 Å². The highest BCUT2D eigenvalue weighted by Gasteiger charge is 2.49. The number of carbonyl (C=O) groups excluding carboxylic acids is 1. The monoisotopic (exact) mass is 192 g/mol.